The summed E-state index contributed by atoms with van der Waals surface area (Å²) < 4.78 is 47.6. The van der Waals surface area contributed by atoms with Crippen LogP contribution < -0.4 is 0 Å². The van der Waals surface area contributed by atoms with Gasteiger partial charge in [-0.25, -0.2) is 0 Å². The number of hydrogen-bond donors (Lipinski definition) is 0. The first-order valence-corrected chi connectivity index (χ1v) is 25.6. The highest BCUT2D eigenvalue weighted by molar-refractivity contribution is 7.99. The summed E-state index contributed by atoms with van der Waals surface area (Å²) in [5.74, 6) is 1.66. The molecule has 0 bridgehead atoms. The van der Waals surface area contributed by atoms with Gasteiger partial charge in [0.2, 0.25) is 0 Å². The van der Waals surface area contributed by atoms with Crippen LogP contribution >= 0.6 is 23.5 Å². The van der Waals surface area contributed by atoms with Crippen molar-refractivity contribution in [3.05, 3.63) is 59.7 Å². The summed E-state index contributed by atoms with van der Waals surface area (Å²) in [4.78, 5) is 2.42. The Kier molecular flexibility index (Phi) is 24.2. The number of hydrogen-bond acceptors (Lipinski definition) is 12. The van der Waals surface area contributed by atoms with Crippen LogP contribution in [0.4, 0.5) is 0 Å². The van der Waals surface area contributed by atoms with Crippen molar-refractivity contribution in [2.24, 2.45) is 10.2 Å². The lowest BCUT2D eigenvalue weighted by atomic mass is 10.1. The number of benzene rings is 2. The van der Waals surface area contributed by atoms with Gasteiger partial charge in [0.15, 0.2) is 0 Å². The molecule has 308 valence electrons. The summed E-state index contributed by atoms with van der Waals surface area (Å²) >= 11 is 3.60. The van der Waals surface area contributed by atoms with E-state index in [1.54, 1.807) is 23.5 Å². The lowest BCUT2D eigenvalue weighted by molar-refractivity contribution is 0.0641. The van der Waals surface area contributed by atoms with Gasteiger partial charge in [0.25, 0.3) is 0 Å². The highest BCUT2D eigenvalue weighted by atomic mass is 32.2. The normalized spacial score (nSPS) is 13.0. The van der Waals surface area contributed by atoms with Gasteiger partial charge < -0.3 is 36.0 Å². The molecule has 0 radical (unpaired) electrons. The van der Waals surface area contributed by atoms with Crippen molar-refractivity contribution in [1.82, 2.24) is 0 Å². The minimum absolute atomic E-state index is 0.294. The molecule has 2 rings (SSSR count). The maximum absolute atomic E-state index is 5.97. The van der Waals surface area contributed by atoms with E-state index in [-0.39, 0.29) is 11.1 Å². The molecule has 0 saturated heterocycles. The molecule has 0 aromatic heterocycles. The average Bonchev–Trinajstić information content (AvgIpc) is 3.14. The van der Waals surface area contributed by atoms with Crippen LogP contribution in [0.5, 0.6) is 0 Å². The molecule has 0 fully saturated rings. The molecule has 0 atom stereocenters. The van der Waals surface area contributed by atoms with E-state index in [0.29, 0.717) is 66.1 Å². The second-order valence-corrected chi connectivity index (χ2v) is 21.5. The van der Waals surface area contributed by atoms with Crippen LogP contribution in [0.2, 0.25) is 12.1 Å². The fourth-order valence-corrected chi connectivity index (χ4v) is 12.3. The number of nitrogens with zero attached hydrogens (tertiary/aromatic N) is 2. The predicted molar refractivity (Wildman–Crippen MR) is 227 cm³/mol. The van der Waals surface area contributed by atoms with E-state index in [2.05, 4.69) is 76.2 Å². The topological polar surface area (TPSA) is 98.6 Å². The second-order valence-electron chi connectivity index (χ2n) is 14.0. The first-order valence-electron chi connectivity index (χ1n) is 19.8. The summed E-state index contributed by atoms with van der Waals surface area (Å²) in [6.45, 7) is 26.4. The number of ether oxygens (including phenoxy) is 2. The minimum atomic E-state index is -2.62. The van der Waals surface area contributed by atoms with E-state index in [4.69, 9.17) is 46.3 Å². The third kappa shape index (κ3) is 19.8. The SMILES string of the molecule is CCO[Si](CCCOCc1ccc(SCC(C)(C)N=NC(C)(C)CSc2ccc(COCCC[Si](OCC)(OCC)OCC)cc2)cc1)(OCC)OCC. The van der Waals surface area contributed by atoms with Crippen LogP contribution in [0.1, 0.15) is 93.2 Å². The molecule has 0 aliphatic rings. The smallest absolute Gasteiger partial charge is 0.377 e. The summed E-state index contributed by atoms with van der Waals surface area (Å²) in [7, 11) is -5.23. The largest absolute Gasteiger partial charge is 0.501 e. The molecule has 0 saturated carbocycles. The van der Waals surface area contributed by atoms with Gasteiger partial charge in [-0.05, 0) is 117 Å². The zero-order valence-corrected chi connectivity index (χ0v) is 38.5. The van der Waals surface area contributed by atoms with Gasteiger partial charge in [0, 0.05) is 86.2 Å². The number of thioether (sulfide) groups is 2. The molecule has 0 spiro atoms. The summed E-state index contributed by atoms with van der Waals surface area (Å²) in [5.41, 5.74) is 1.72. The Morgan fingerprint density at radius 3 is 1.06 bits per heavy atom. The lowest BCUT2D eigenvalue weighted by Gasteiger charge is -2.28. The fourth-order valence-electron chi connectivity index (χ4n) is 5.38. The zero-order chi connectivity index (χ0) is 39.8. The maximum atomic E-state index is 5.97. The van der Waals surface area contributed by atoms with Crippen LogP contribution in [0.25, 0.3) is 0 Å². The Labute approximate surface area is 338 Å². The maximum Gasteiger partial charge on any atom is 0.501 e. The number of azo groups is 1. The van der Waals surface area contributed by atoms with Crippen LogP contribution in [0, 0.1) is 0 Å². The predicted octanol–water partition coefficient (Wildman–Crippen LogP) is 10.5. The van der Waals surface area contributed by atoms with Crippen LogP contribution in [0.3, 0.4) is 0 Å². The first kappa shape index (κ1) is 49.0. The number of rotatable bonds is 32. The van der Waals surface area contributed by atoms with Gasteiger partial charge in [-0.3, -0.25) is 0 Å². The molecule has 0 heterocycles. The first-order chi connectivity index (χ1) is 25.9. The van der Waals surface area contributed by atoms with Crippen molar-refractivity contribution in [3.63, 3.8) is 0 Å². The highest BCUT2D eigenvalue weighted by Gasteiger charge is 2.40. The zero-order valence-electron chi connectivity index (χ0n) is 34.9. The van der Waals surface area contributed by atoms with Crippen LogP contribution in [-0.4, -0.2) is 93.0 Å². The molecular weight excluding hydrogens is 757 g/mol. The van der Waals surface area contributed by atoms with E-state index in [1.165, 1.54) is 9.79 Å². The van der Waals surface area contributed by atoms with Crippen molar-refractivity contribution >= 4 is 41.1 Å². The average molecular weight is 827 g/mol. The lowest BCUT2D eigenvalue weighted by Crippen LogP contribution is -2.46. The van der Waals surface area contributed by atoms with Crippen molar-refractivity contribution in [2.45, 2.75) is 128 Å². The molecule has 0 unspecified atom stereocenters. The molecule has 0 amide bonds. The quantitative estimate of drug-likeness (QED) is 0.0307. The Morgan fingerprint density at radius 1 is 0.481 bits per heavy atom. The Bertz CT molecular complexity index is 1160. The molecule has 2 aromatic rings. The molecule has 0 aliphatic carbocycles. The van der Waals surface area contributed by atoms with Gasteiger partial charge in [-0.15, -0.1) is 23.5 Å². The minimum Gasteiger partial charge on any atom is -0.377 e. The third-order valence-corrected chi connectivity index (χ3v) is 17.1. The Hall–Kier alpha value is -1.15. The third-order valence-electron chi connectivity index (χ3n) is 7.89. The van der Waals surface area contributed by atoms with E-state index in [1.807, 2.05) is 41.5 Å². The van der Waals surface area contributed by atoms with E-state index >= 15 is 0 Å². The standard InChI is InChI=1S/C40H70N2O8S2Si2/c1-11-45-53(46-12-2,47-13-3)29-17-27-43-31-35-19-23-37(24-20-35)51-33-39(7,8)41-42-40(9,10)34-52-38-25-21-36(22-26-38)32-44-28-18-30-54(48-14-4,49-15-5)50-16-6/h19-26H,11-18,27-34H2,1-10H3. The van der Waals surface area contributed by atoms with E-state index in [9.17, 15) is 0 Å². The van der Waals surface area contributed by atoms with Gasteiger partial charge >= 0.3 is 17.6 Å². The molecular formula is C40H70N2O8S2Si2. The molecule has 2 aromatic carbocycles. The molecule has 10 nitrogen and oxygen atoms in total. The van der Waals surface area contributed by atoms with Crippen molar-refractivity contribution in [3.8, 4) is 0 Å². The molecule has 0 aliphatic heterocycles. The summed E-state index contributed by atoms with van der Waals surface area (Å²) in [6, 6.07) is 18.7. The fraction of sp³-hybridized carbons (Fsp3) is 0.700. The van der Waals surface area contributed by atoms with Crippen molar-refractivity contribution in [2.75, 3.05) is 64.4 Å². The molecule has 14 heteroatoms. The van der Waals surface area contributed by atoms with Gasteiger partial charge in [-0.1, -0.05) is 24.3 Å². The van der Waals surface area contributed by atoms with Crippen molar-refractivity contribution in [1.29, 1.82) is 0 Å². The Balaban J connectivity index is 1.72. The molecule has 0 N–H and O–H groups in total. The van der Waals surface area contributed by atoms with Crippen molar-refractivity contribution < 1.29 is 36.0 Å². The second kappa shape index (κ2) is 26.7. The van der Waals surface area contributed by atoms with E-state index in [0.717, 1.165) is 47.6 Å². The van der Waals surface area contributed by atoms with Crippen LogP contribution in [0.15, 0.2) is 68.6 Å². The van der Waals surface area contributed by atoms with Gasteiger partial charge in [-0.2, -0.15) is 10.2 Å². The summed E-state index contributed by atoms with van der Waals surface area (Å²) in [6.07, 6.45) is 1.68. The monoisotopic (exact) mass is 826 g/mol. The van der Waals surface area contributed by atoms with Gasteiger partial charge in [0.1, 0.15) is 0 Å². The Morgan fingerprint density at radius 2 is 0.778 bits per heavy atom. The van der Waals surface area contributed by atoms with Gasteiger partial charge in [0.05, 0.1) is 24.3 Å². The van der Waals surface area contributed by atoms with E-state index < -0.39 is 17.6 Å². The van der Waals surface area contributed by atoms with Crippen LogP contribution in [-0.2, 0) is 49.2 Å². The molecule has 54 heavy (non-hydrogen) atoms. The summed E-state index contributed by atoms with van der Waals surface area (Å²) in [5, 5.41) is 9.60. The highest BCUT2D eigenvalue weighted by Crippen LogP contribution is 2.29.